The van der Waals surface area contributed by atoms with Gasteiger partial charge in [-0.05, 0) is 42.0 Å². The van der Waals surface area contributed by atoms with Gasteiger partial charge in [0.2, 0.25) is 0 Å². The predicted octanol–water partition coefficient (Wildman–Crippen LogP) is 4.71. The molecule has 3 aromatic carbocycles. The molecule has 0 saturated heterocycles. The van der Waals surface area contributed by atoms with Gasteiger partial charge in [0.05, 0.1) is 18.1 Å². The Morgan fingerprint density at radius 1 is 0.885 bits per heavy atom. The Kier molecular flexibility index (Phi) is 3.25. The molecule has 1 atom stereocenters. The number of benzene rings is 3. The molecule has 4 heteroatoms. The molecular formula is C22H19N3O. The van der Waals surface area contributed by atoms with Crippen molar-refractivity contribution in [1.82, 2.24) is 9.55 Å². The lowest BCUT2D eigenvalue weighted by atomic mass is 10.0. The first kappa shape index (κ1) is 15.0. The summed E-state index contributed by atoms with van der Waals surface area (Å²) in [6.07, 6.45) is 0.0400. The molecule has 128 valence electrons. The number of fused-ring (bicyclic) bond motifs is 5. The van der Waals surface area contributed by atoms with Crippen LogP contribution in [0.25, 0.3) is 22.4 Å². The van der Waals surface area contributed by atoms with Crippen molar-refractivity contribution in [1.29, 1.82) is 0 Å². The molecule has 0 N–H and O–H groups in total. The summed E-state index contributed by atoms with van der Waals surface area (Å²) in [7, 11) is 3.84. The fourth-order valence-corrected chi connectivity index (χ4v) is 3.91. The van der Waals surface area contributed by atoms with E-state index >= 15 is 0 Å². The Morgan fingerprint density at radius 2 is 1.62 bits per heavy atom. The third-order valence-corrected chi connectivity index (χ3v) is 5.15. The zero-order valence-corrected chi connectivity index (χ0v) is 14.8. The van der Waals surface area contributed by atoms with Crippen LogP contribution in [-0.2, 0) is 0 Å². The van der Waals surface area contributed by atoms with Crippen LogP contribution in [0.2, 0.25) is 0 Å². The summed E-state index contributed by atoms with van der Waals surface area (Å²) in [5, 5.41) is 0. The first-order valence-corrected chi connectivity index (χ1v) is 8.71. The molecule has 4 aromatic rings. The van der Waals surface area contributed by atoms with Crippen LogP contribution in [0.5, 0.6) is 5.75 Å². The van der Waals surface area contributed by atoms with E-state index in [9.17, 15) is 0 Å². The van der Waals surface area contributed by atoms with Crippen molar-refractivity contribution < 1.29 is 4.74 Å². The minimum atomic E-state index is 0.0400. The molecule has 1 aliphatic heterocycles. The summed E-state index contributed by atoms with van der Waals surface area (Å²) in [6.45, 7) is 0. The second-order valence-corrected chi connectivity index (χ2v) is 6.57. The quantitative estimate of drug-likeness (QED) is 0.529. The van der Waals surface area contributed by atoms with Crippen LogP contribution in [0.4, 0.5) is 5.69 Å². The average molecular weight is 341 g/mol. The third-order valence-electron chi connectivity index (χ3n) is 5.15. The lowest BCUT2D eigenvalue weighted by Gasteiger charge is -2.38. The summed E-state index contributed by atoms with van der Waals surface area (Å²) >= 11 is 0. The maximum atomic E-state index is 5.33. The largest absolute Gasteiger partial charge is 0.497 e. The lowest BCUT2D eigenvalue weighted by molar-refractivity contribution is 0.414. The number of ether oxygens (including phenoxy) is 1. The number of methoxy groups -OCH3 is 1. The fourth-order valence-electron chi connectivity index (χ4n) is 3.91. The molecule has 1 unspecified atom stereocenters. The Morgan fingerprint density at radius 3 is 2.42 bits per heavy atom. The monoisotopic (exact) mass is 341 g/mol. The zero-order chi connectivity index (χ0) is 17.7. The van der Waals surface area contributed by atoms with Gasteiger partial charge in [0.25, 0.3) is 0 Å². The summed E-state index contributed by atoms with van der Waals surface area (Å²) in [5.41, 5.74) is 5.72. The topological polar surface area (TPSA) is 30.3 Å². The van der Waals surface area contributed by atoms with Crippen LogP contribution in [0, 0.1) is 0 Å². The van der Waals surface area contributed by atoms with E-state index in [1.165, 1.54) is 11.3 Å². The van der Waals surface area contributed by atoms with Crippen molar-refractivity contribution in [2.75, 3.05) is 19.1 Å². The second-order valence-electron chi connectivity index (χ2n) is 6.57. The van der Waals surface area contributed by atoms with E-state index < -0.39 is 0 Å². The maximum absolute atomic E-state index is 5.33. The van der Waals surface area contributed by atoms with Crippen LogP contribution in [0.1, 0.15) is 11.7 Å². The van der Waals surface area contributed by atoms with Crippen LogP contribution in [-0.4, -0.2) is 23.7 Å². The smallest absolute Gasteiger partial charge is 0.145 e. The van der Waals surface area contributed by atoms with Gasteiger partial charge in [-0.15, -0.1) is 0 Å². The minimum Gasteiger partial charge on any atom is -0.497 e. The van der Waals surface area contributed by atoms with Crippen LogP contribution in [0.15, 0.2) is 72.8 Å². The van der Waals surface area contributed by atoms with Gasteiger partial charge in [-0.1, -0.05) is 36.4 Å². The van der Waals surface area contributed by atoms with Crippen molar-refractivity contribution in [3.05, 3.63) is 78.4 Å². The maximum Gasteiger partial charge on any atom is 0.145 e. The van der Waals surface area contributed by atoms with Crippen LogP contribution >= 0.6 is 0 Å². The number of hydrogen-bond donors (Lipinski definition) is 0. The highest BCUT2D eigenvalue weighted by Gasteiger charge is 2.32. The van der Waals surface area contributed by atoms with Gasteiger partial charge in [0, 0.05) is 18.3 Å². The van der Waals surface area contributed by atoms with Crippen molar-refractivity contribution in [3.8, 4) is 17.1 Å². The molecule has 2 heterocycles. The molecule has 0 aliphatic carbocycles. The molecule has 0 spiro atoms. The van der Waals surface area contributed by atoms with Gasteiger partial charge in [-0.2, -0.15) is 0 Å². The van der Waals surface area contributed by atoms with E-state index in [0.29, 0.717) is 0 Å². The highest BCUT2D eigenvalue weighted by atomic mass is 16.5. The Balaban J connectivity index is 1.81. The molecule has 0 fully saturated rings. The predicted molar refractivity (Wildman–Crippen MR) is 105 cm³/mol. The Hall–Kier alpha value is -3.27. The summed E-state index contributed by atoms with van der Waals surface area (Å²) in [4.78, 5) is 7.27. The van der Waals surface area contributed by atoms with Crippen LogP contribution < -0.4 is 9.64 Å². The van der Waals surface area contributed by atoms with E-state index in [1.54, 1.807) is 7.11 Å². The summed E-state index contributed by atoms with van der Waals surface area (Å²) in [5.74, 6) is 1.88. The number of imidazole rings is 1. The number of rotatable bonds is 2. The molecular weight excluding hydrogens is 322 g/mol. The molecule has 1 aliphatic rings. The molecule has 26 heavy (non-hydrogen) atoms. The SMILES string of the molecule is COc1ccc(C2N(C)c3ccccc3-c3nc4ccccc4n32)cc1. The molecule has 4 nitrogen and oxygen atoms in total. The van der Waals surface area contributed by atoms with Crippen molar-refractivity contribution in [3.63, 3.8) is 0 Å². The van der Waals surface area contributed by atoms with E-state index in [-0.39, 0.29) is 6.17 Å². The Bertz CT molecular complexity index is 1100. The first-order chi connectivity index (χ1) is 12.8. The molecule has 0 radical (unpaired) electrons. The highest BCUT2D eigenvalue weighted by Crippen LogP contribution is 2.43. The number of aromatic nitrogens is 2. The molecule has 1 aromatic heterocycles. The number of hydrogen-bond acceptors (Lipinski definition) is 3. The summed E-state index contributed by atoms with van der Waals surface area (Å²) in [6, 6.07) is 25.1. The van der Waals surface area contributed by atoms with Crippen molar-refractivity contribution in [2.24, 2.45) is 0 Å². The fraction of sp³-hybridized carbons (Fsp3) is 0.136. The Labute approximate surface area is 152 Å². The average Bonchev–Trinajstić information content (AvgIpc) is 3.08. The van der Waals surface area contributed by atoms with E-state index in [0.717, 1.165) is 28.2 Å². The highest BCUT2D eigenvalue weighted by molar-refractivity contribution is 5.87. The first-order valence-electron chi connectivity index (χ1n) is 8.71. The minimum absolute atomic E-state index is 0.0400. The second kappa shape index (κ2) is 5.63. The van der Waals surface area contributed by atoms with Gasteiger partial charge in [-0.25, -0.2) is 4.98 Å². The number of para-hydroxylation sites is 3. The number of nitrogens with zero attached hydrogens (tertiary/aromatic N) is 3. The molecule has 0 amide bonds. The normalized spacial score (nSPS) is 15.6. The van der Waals surface area contributed by atoms with Gasteiger partial charge in [0.15, 0.2) is 0 Å². The van der Waals surface area contributed by atoms with Crippen molar-refractivity contribution >= 4 is 16.7 Å². The van der Waals surface area contributed by atoms with Gasteiger partial charge in [0.1, 0.15) is 17.7 Å². The van der Waals surface area contributed by atoms with Crippen LogP contribution in [0.3, 0.4) is 0 Å². The van der Waals surface area contributed by atoms with Gasteiger partial charge < -0.3 is 9.64 Å². The van der Waals surface area contributed by atoms with E-state index in [4.69, 9.17) is 9.72 Å². The molecule has 0 bridgehead atoms. The summed E-state index contributed by atoms with van der Waals surface area (Å²) < 4.78 is 7.66. The lowest BCUT2D eigenvalue weighted by Crippen LogP contribution is -2.34. The standard InChI is InChI=1S/C22H19N3O/c1-24-19-9-5-3-7-17(19)21-23-18-8-4-6-10-20(18)25(21)22(24)15-11-13-16(26-2)14-12-15/h3-14,22H,1-2H3. The van der Waals surface area contributed by atoms with E-state index in [2.05, 4.69) is 71.1 Å². The van der Waals surface area contributed by atoms with E-state index in [1.807, 2.05) is 18.2 Å². The van der Waals surface area contributed by atoms with Crippen molar-refractivity contribution in [2.45, 2.75) is 6.17 Å². The molecule has 5 rings (SSSR count). The zero-order valence-electron chi connectivity index (χ0n) is 14.8. The van der Waals surface area contributed by atoms with Gasteiger partial charge >= 0.3 is 0 Å². The molecule has 0 saturated carbocycles. The third kappa shape index (κ3) is 2.05. The number of anilines is 1. The van der Waals surface area contributed by atoms with Gasteiger partial charge in [-0.3, -0.25) is 4.57 Å².